The molecule has 138 valence electrons. The van der Waals surface area contributed by atoms with Crippen LogP contribution in [-0.2, 0) is 16.6 Å². The Kier molecular flexibility index (Phi) is 6.74. The lowest BCUT2D eigenvalue weighted by atomic mass is 10.2. The van der Waals surface area contributed by atoms with E-state index in [4.69, 9.17) is 4.74 Å². The molecule has 1 aromatic carbocycles. The molecule has 0 saturated heterocycles. The molecule has 1 N–H and O–H groups in total. The fraction of sp³-hybridized carbons (Fsp3) is 0.300. The predicted molar refractivity (Wildman–Crippen MR) is 105 cm³/mol. The van der Waals surface area contributed by atoms with E-state index in [0.29, 0.717) is 5.70 Å². The molecule has 0 bridgehead atoms. The van der Waals surface area contributed by atoms with E-state index in [1.54, 1.807) is 22.3 Å². The van der Waals surface area contributed by atoms with E-state index in [1.165, 1.54) is 7.11 Å². The van der Waals surface area contributed by atoms with Crippen molar-refractivity contribution in [3.8, 4) is 0 Å². The molecule has 26 heavy (non-hydrogen) atoms. The van der Waals surface area contributed by atoms with Gasteiger partial charge < -0.3 is 10.1 Å². The number of carbonyl (C=O) groups excluding carboxylic acids is 1. The Hall–Kier alpha value is -2.86. The van der Waals surface area contributed by atoms with Gasteiger partial charge in [-0.15, -0.1) is 0 Å². The molecule has 1 heterocycles. The van der Waals surface area contributed by atoms with Gasteiger partial charge in [0, 0.05) is 25.6 Å². The second-order valence-corrected chi connectivity index (χ2v) is 5.76. The minimum absolute atomic E-state index is 0.00580. The fourth-order valence-electron chi connectivity index (χ4n) is 2.73. The van der Waals surface area contributed by atoms with Crippen LogP contribution in [0.1, 0.15) is 20.3 Å². The largest absolute Gasteiger partial charge is 0.375 e. The van der Waals surface area contributed by atoms with Crippen molar-refractivity contribution in [3.63, 3.8) is 0 Å². The summed E-state index contributed by atoms with van der Waals surface area (Å²) in [5.41, 5.74) is 2.98. The number of allylic oxidation sites excluding steroid dienone is 5. The summed E-state index contributed by atoms with van der Waals surface area (Å²) in [5, 5.41) is 2.80. The minimum Gasteiger partial charge on any atom is -0.375 e. The maximum atomic E-state index is 12.7. The standard InChI is InChI=1S/C20H25N3O3/c1-5-9-15(21-19(24)14-26-4)12-13-16(6-2)23-18-11-8-7-10-17(18)22(3)20(23)25/h6-13H,5,14H2,1-4H3,(H,21,24)/b13-12-,15-9+,16-6+. The van der Waals surface area contributed by atoms with E-state index >= 15 is 0 Å². The van der Waals surface area contributed by atoms with Gasteiger partial charge in [0.1, 0.15) is 6.61 Å². The van der Waals surface area contributed by atoms with Crippen LogP contribution < -0.4 is 11.0 Å². The van der Waals surface area contributed by atoms with Gasteiger partial charge in [0.25, 0.3) is 0 Å². The predicted octanol–water partition coefficient (Wildman–Crippen LogP) is 2.81. The van der Waals surface area contributed by atoms with Crippen LogP contribution in [0.5, 0.6) is 0 Å². The van der Waals surface area contributed by atoms with Crippen LogP contribution in [0.4, 0.5) is 0 Å². The Labute approximate surface area is 153 Å². The number of nitrogens with one attached hydrogen (secondary N) is 1. The second kappa shape index (κ2) is 9.01. The molecule has 1 aromatic heterocycles. The Morgan fingerprint density at radius 3 is 2.54 bits per heavy atom. The summed E-state index contributed by atoms with van der Waals surface area (Å²) < 4.78 is 8.12. The molecule has 0 fully saturated rings. The number of aromatic nitrogens is 2. The molecule has 0 radical (unpaired) electrons. The van der Waals surface area contributed by atoms with Crippen molar-refractivity contribution in [2.24, 2.45) is 7.05 Å². The Morgan fingerprint density at radius 2 is 1.92 bits per heavy atom. The number of rotatable bonds is 7. The first-order chi connectivity index (χ1) is 12.5. The number of benzene rings is 1. The first-order valence-electron chi connectivity index (χ1n) is 8.53. The highest BCUT2D eigenvalue weighted by molar-refractivity contribution is 5.82. The van der Waals surface area contributed by atoms with Gasteiger partial charge in [-0.05, 0) is 37.6 Å². The lowest BCUT2D eigenvalue weighted by Crippen LogP contribution is -2.26. The molecule has 0 aliphatic rings. The molecular weight excluding hydrogens is 330 g/mol. The molecule has 6 heteroatoms. The second-order valence-electron chi connectivity index (χ2n) is 5.76. The summed E-state index contributed by atoms with van der Waals surface area (Å²) in [6.45, 7) is 3.86. The average Bonchev–Trinajstić information content (AvgIpc) is 2.88. The minimum atomic E-state index is -0.221. The number of hydrogen-bond donors (Lipinski definition) is 1. The Bertz CT molecular complexity index is 929. The van der Waals surface area contributed by atoms with Crippen molar-refractivity contribution in [2.45, 2.75) is 20.3 Å². The number of ether oxygens (including phenoxy) is 1. The van der Waals surface area contributed by atoms with Gasteiger partial charge in [-0.2, -0.15) is 0 Å². The van der Waals surface area contributed by atoms with Crippen molar-refractivity contribution in [2.75, 3.05) is 13.7 Å². The van der Waals surface area contributed by atoms with Crippen LogP contribution in [0, 0.1) is 0 Å². The van der Waals surface area contributed by atoms with E-state index in [0.717, 1.165) is 23.2 Å². The summed E-state index contributed by atoms with van der Waals surface area (Å²) in [5.74, 6) is -0.221. The number of nitrogens with zero attached hydrogens (tertiary/aromatic N) is 2. The number of amides is 1. The number of methoxy groups -OCH3 is 1. The molecule has 0 unspecified atom stereocenters. The molecule has 0 spiro atoms. The fourth-order valence-corrected chi connectivity index (χ4v) is 2.73. The highest BCUT2D eigenvalue weighted by atomic mass is 16.5. The maximum Gasteiger partial charge on any atom is 0.333 e. The van der Waals surface area contributed by atoms with Gasteiger partial charge in [0.05, 0.1) is 11.0 Å². The Balaban J connectivity index is 2.39. The molecule has 0 aliphatic heterocycles. The van der Waals surface area contributed by atoms with E-state index in [1.807, 2.05) is 56.3 Å². The van der Waals surface area contributed by atoms with Crippen LogP contribution in [0.25, 0.3) is 16.7 Å². The number of fused-ring (bicyclic) bond motifs is 1. The lowest BCUT2D eigenvalue weighted by Gasteiger charge is -2.07. The van der Waals surface area contributed by atoms with Crippen LogP contribution in [0.15, 0.2) is 59.1 Å². The van der Waals surface area contributed by atoms with Crippen LogP contribution in [0.2, 0.25) is 0 Å². The summed E-state index contributed by atoms with van der Waals surface area (Å²) in [4.78, 5) is 24.4. The third-order valence-corrected chi connectivity index (χ3v) is 3.93. The van der Waals surface area contributed by atoms with E-state index in [2.05, 4.69) is 5.32 Å². The number of aryl methyl sites for hydroxylation is 1. The van der Waals surface area contributed by atoms with Gasteiger partial charge >= 0.3 is 5.69 Å². The quantitative estimate of drug-likeness (QED) is 0.777. The zero-order valence-corrected chi connectivity index (χ0v) is 15.7. The van der Waals surface area contributed by atoms with E-state index in [-0.39, 0.29) is 18.2 Å². The molecule has 2 aromatic rings. The third kappa shape index (κ3) is 4.21. The number of para-hydroxylation sites is 2. The highest BCUT2D eigenvalue weighted by Crippen LogP contribution is 2.17. The van der Waals surface area contributed by atoms with Gasteiger partial charge in [0.2, 0.25) is 5.91 Å². The summed E-state index contributed by atoms with van der Waals surface area (Å²) in [7, 11) is 3.23. The maximum absolute atomic E-state index is 12.7. The van der Waals surface area contributed by atoms with Crippen molar-refractivity contribution in [3.05, 3.63) is 64.8 Å². The van der Waals surface area contributed by atoms with Crippen molar-refractivity contribution in [1.82, 2.24) is 14.5 Å². The Morgan fingerprint density at radius 1 is 1.23 bits per heavy atom. The van der Waals surface area contributed by atoms with Crippen molar-refractivity contribution in [1.29, 1.82) is 0 Å². The van der Waals surface area contributed by atoms with Gasteiger partial charge in [-0.25, -0.2) is 4.79 Å². The normalized spacial score (nSPS) is 12.9. The van der Waals surface area contributed by atoms with Gasteiger partial charge in [-0.3, -0.25) is 13.9 Å². The molecule has 0 aliphatic carbocycles. The smallest absolute Gasteiger partial charge is 0.333 e. The molecular formula is C20H25N3O3. The van der Waals surface area contributed by atoms with Gasteiger partial charge in [-0.1, -0.05) is 31.2 Å². The zero-order valence-electron chi connectivity index (χ0n) is 15.7. The molecule has 0 saturated carbocycles. The number of imidazole rings is 1. The molecule has 1 amide bonds. The average molecular weight is 355 g/mol. The number of carbonyl (C=O) groups is 1. The summed E-state index contributed by atoms with van der Waals surface area (Å²) in [6, 6.07) is 7.64. The number of hydrogen-bond acceptors (Lipinski definition) is 3. The first-order valence-corrected chi connectivity index (χ1v) is 8.53. The van der Waals surface area contributed by atoms with E-state index in [9.17, 15) is 9.59 Å². The lowest BCUT2D eigenvalue weighted by molar-refractivity contribution is -0.123. The third-order valence-electron chi connectivity index (χ3n) is 3.93. The highest BCUT2D eigenvalue weighted by Gasteiger charge is 2.11. The topological polar surface area (TPSA) is 65.3 Å². The van der Waals surface area contributed by atoms with Crippen LogP contribution in [-0.4, -0.2) is 28.8 Å². The zero-order chi connectivity index (χ0) is 19.1. The van der Waals surface area contributed by atoms with Gasteiger partial charge in [0.15, 0.2) is 0 Å². The van der Waals surface area contributed by atoms with Crippen molar-refractivity contribution >= 4 is 22.6 Å². The molecule has 0 atom stereocenters. The van der Waals surface area contributed by atoms with Crippen LogP contribution >= 0.6 is 0 Å². The summed E-state index contributed by atoms with van der Waals surface area (Å²) in [6.07, 6.45) is 8.16. The first kappa shape index (κ1) is 19.5. The SMILES string of the molecule is C\C=C(/C=C\C(=C/CC)NC(=O)COC)n1c(=O)n(C)c2ccccc21. The molecule has 6 nitrogen and oxygen atoms in total. The summed E-state index contributed by atoms with van der Waals surface area (Å²) >= 11 is 0. The van der Waals surface area contributed by atoms with Crippen LogP contribution in [0.3, 0.4) is 0 Å². The monoisotopic (exact) mass is 355 g/mol. The van der Waals surface area contributed by atoms with E-state index < -0.39 is 0 Å². The molecule has 2 rings (SSSR count). The van der Waals surface area contributed by atoms with Crippen molar-refractivity contribution < 1.29 is 9.53 Å².